The van der Waals surface area contributed by atoms with Gasteiger partial charge < -0.3 is 9.84 Å². The number of aliphatic hydroxyl groups is 1. The van der Waals surface area contributed by atoms with Gasteiger partial charge in [0, 0.05) is 6.61 Å². The molecule has 0 aromatic heterocycles. The van der Waals surface area contributed by atoms with Gasteiger partial charge in [-0.25, -0.2) is 0 Å². The number of rotatable bonds is 3. The average molecular weight is 146 g/mol. The highest BCUT2D eigenvalue weighted by molar-refractivity contribution is 4.59. The van der Waals surface area contributed by atoms with Gasteiger partial charge in [-0.2, -0.15) is 0 Å². The predicted molar refractivity (Wildman–Crippen MR) is 42.0 cm³/mol. The minimum absolute atomic E-state index is 0.0745. The maximum Gasteiger partial charge on any atom is 0.0598 e. The lowest BCUT2D eigenvalue weighted by molar-refractivity contribution is -0.0163. The minimum atomic E-state index is -0.248. The highest BCUT2D eigenvalue weighted by Gasteiger charge is 2.09. The van der Waals surface area contributed by atoms with Crippen molar-refractivity contribution in [2.24, 2.45) is 0 Å². The summed E-state index contributed by atoms with van der Waals surface area (Å²) in [6, 6.07) is 0. The molecule has 2 heteroatoms. The summed E-state index contributed by atoms with van der Waals surface area (Å²) in [6.45, 7) is 8.44. The second kappa shape index (κ2) is 3.94. The lowest BCUT2D eigenvalue weighted by atomic mass is 10.2. The van der Waals surface area contributed by atoms with Crippen LogP contribution in [0.15, 0.2) is 0 Å². The van der Waals surface area contributed by atoms with E-state index >= 15 is 0 Å². The molecule has 0 fully saturated rings. The first kappa shape index (κ1) is 9.92. The van der Waals surface area contributed by atoms with Crippen LogP contribution in [0, 0.1) is 0 Å². The third-order valence-corrected chi connectivity index (χ3v) is 1.07. The molecular formula is C8H18O2. The molecule has 0 saturated heterocycles. The van der Waals surface area contributed by atoms with Gasteiger partial charge in [-0.05, 0) is 34.1 Å². The molecule has 0 rings (SSSR count). The van der Waals surface area contributed by atoms with Gasteiger partial charge in [0.2, 0.25) is 0 Å². The summed E-state index contributed by atoms with van der Waals surface area (Å²) in [7, 11) is 0. The van der Waals surface area contributed by atoms with Crippen LogP contribution < -0.4 is 0 Å². The molecule has 0 heterocycles. The maximum absolute atomic E-state index is 8.87. The highest BCUT2D eigenvalue weighted by Crippen LogP contribution is 2.07. The summed E-state index contributed by atoms with van der Waals surface area (Å²) in [4.78, 5) is 0. The van der Waals surface area contributed by atoms with Gasteiger partial charge in [-0.1, -0.05) is 0 Å². The van der Waals surface area contributed by atoms with Crippen LogP contribution in [0.1, 0.15) is 34.1 Å². The minimum Gasteiger partial charge on any atom is -0.393 e. The van der Waals surface area contributed by atoms with Crippen LogP contribution in [0.3, 0.4) is 0 Å². The second-order valence-corrected chi connectivity index (χ2v) is 3.60. The van der Waals surface area contributed by atoms with Crippen LogP contribution in [0.2, 0.25) is 0 Å². The van der Waals surface area contributed by atoms with Crippen molar-refractivity contribution in [3.8, 4) is 0 Å². The number of ether oxygens (including phenoxy) is 1. The lowest BCUT2D eigenvalue weighted by Gasteiger charge is -2.19. The van der Waals surface area contributed by atoms with Crippen LogP contribution in [0.4, 0.5) is 0 Å². The molecule has 0 aromatic carbocycles. The van der Waals surface area contributed by atoms with Crippen molar-refractivity contribution in [1.29, 1.82) is 0 Å². The van der Waals surface area contributed by atoms with Gasteiger partial charge in [-0.15, -0.1) is 0 Å². The van der Waals surface area contributed by atoms with Crippen molar-refractivity contribution in [3.05, 3.63) is 0 Å². The van der Waals surface area contributed by atoms with E-state index in [0.29, 0.717) is 6.61 Å². The fourth-order valence-corrected chi connectivity index (χ4v) is 0.536. The van der Waals surface area contributed by atoms with Crippen molar-refractivity contribution in [2.75, 3.05) is 6.61 Å². The Morgan fingerprint density at radius 3 is 2.20 bits per heavy atom. The van der Waals surface area contributed by atoms with Crippen molar-refractivity contribution in [2.45, 2.75) is 45.8 Å². The van der Waals surface area contributed by atoms with Gasteiger partial charge in [0.1, 0.15) is 0 Å². The molecule has 0 bridgehead atoms. The molecular weight excluding hydrogens is 128 g/mol. The van der Waals surface area contributed by atoms with E-state index in [2.05, 4.69) is 0 Å². The van der Waals surface area contributed by atoms with Crippen molar-refractivity contribution in [3.63, 3.8) is 0 Å². The first-order chi connectivity index (χ1) is 4.42. The molecule has 0 amide bonds. The van der Waals surface area contributed by atoms with E-state index < -0.39 is 0 Å². The van der Waals surface area contributed by atoms with E-state index in [4.69, 9.17) is 9.84 Å². The van der Waals surface area contributed by atoms with Crippen LogP contribution in [-0.4, -0.2) is 23.4 Å². The smallest absolute Gasteiger partial charge is 0.0598 e. The fraction of sp³-hybridized carbons (Fsp3) is 1.00. The molecule has 0 saturated carbocycles. The van der Waals surface area contributed by atoms with Crippen LogP contribution in [0.5, 0.6) is 0 Å². The zero-order chi connectivity index (χ0) is 8.20. The quantitative estimate of drug-likeness (QED) is 0.655. The zero-order valence-electron chi connectivity index (χ0n) is 7.35. The Morgan fingerprint density at radius 1 is 1.40 bits per heavy atom. The standard InChI is InChI=1S/C8H18O2/c1-7(9)5-6-10-8(2,3)4/h7,9H,5-6H2,1-4H3. The van der Waals surface area contributed by atoms with Gasteiger partial charge in [-0.3, -0.25) is 0 Å². The molecule has 2 nitrogen and oxygen atoms in total. The molecule has 0 aliphatic rings. The summed E-state index contributed by atoms with van der Waals surface area (Å²) >= 11 is 0. The van der Waals surface area contributed by atoms with Gasteiger partial charge in [0.15, 0.2) is 0 Å². The number of hydrogen-bond acceptors (Lipinski definition) is 2. The summed E-state index contributed by atoms with van der Waals surface area (Å²) in [5.74, 6) is 0. The van der Waals surface area contributed by atoms with Crippen LogP contribution >= 0.6 is 0 Å². The van der Waals surface area contributed by atoms with Crippen LogP contribution in [-0.2, 0) is 4.74 Å². The van der Waals surface area contributed by atoms with Crippen molar-refractivity contribution >= 4 is 0 Å². The Morgan fingerprint density at radius 2 is 1.90 bits per heavy atom. The Hall–Kier alpha value is -0.0800. The predicted octanol–water partition coefficient (Wildman–Crippen LogP) is 1.57. The van der Waals surface area contributed by atoms with Gasteiger partial charge in [0.25, 0.3) is 0 Å². The highest BCUT2D eigenvalue weighted by atomic mass is 16.5. The maximum atomic E-state index is 8.87. The molecule has 0 aliphatic heterocycles. The first-order valence-electron chi connectivity index (χ1n) is 3.74. The van der Waals surface area contributed by atoms with E-state index in [1.807, 2.05) is 20.8 Å². The van der Waals surface area contributed by atoms with Crippen molar-refractivity contribution in [1.82, 2.24) is 0 Å². The first-order valence-corrected chi connectivity index (χ1v) is 3.74. The molecule has 10 heavy (non-hydrogen) atoms. The summed E-state index contributed by atoms with van der Waals surface area (Å²) in [5, 5.41) is 8.87. The SMILES string of the molecule is CC(O)CCOC(C)(C)C. The summed E-state index contributed by atoms with van der Waals surface area (Å²) < 4.78 is 5.38. The summed E-state index contributed by atoms with van der Waals surface area (Å²) in [5.41, 5.74) is -0.0745. The Bertz CT molecular complexity index is 81.7. The number of aliphatic hydroxyl groups excluding tert-OH is 1. The molecule has 1 N–H and O–H groups in total. The van der Waals surface area contributed by atoms with E-state index in [1.165, 1.54) is 0 Å². The molecule has 62 valence electrons. The van der Waals surface area contributed by atoms with E-state index in [1.54, 1.807) is 6.92 Å². The van der Waals surface area contributed by atoms with E-state index in [-0.39, 0.29) is 11.7 Å². The Kier molecular flexibility index (Phi) is 3.91. The second-order valence-electron chi connectivity index (χ2n) is 3.60. The summed E-state index contributed by atoms with van der Waals surface area (Å²) in [6.07, 6.45) is 0.472. The van der Waals surface area contributed by atoms with Gasteiger partial charge in [0.05, 0.1) is 11.7 Å². The Balaban J connectivity index is 3.21. The molecule has 0 spiro atoms. The largest absolute Gasteiger partial charge is 0.393 e. The van der Waals surface area contributed by atoms with Crippen LogP contribution in [0.25, 0.3) is 0 Å². The normalized spacial score (nSPS) is 15.3. The average Bonchev–Trinajstić information content (AvgIpc) is 1.59. The zero-order valence-corrected chi connectivity index (χ0v) is 7.35. The van der Waals surface area contributed by atoms with E-state index in [9.17, 15) is 0 Å². The van der Waals surface area contributed by atoms with E-state index in [0.717, 1.165) is 6.42 Å². The number of hydrogen-bond donors (Lipinski definition) is 1. The molecule has 1 unspecified atom stereocenters. The van der Waals surface area contributed by atoms with Gasteiger partial charge >= 0.3 is 0 Å². The molecule has 1 atom stereocenters. The Labute approximate surface area is 63.2 Å². The lowest BCUT2D eigenvalue weighted by Crippen LogP contribution is -2.21. The molecule has 0 aromatic rings. The third-order valence-electron chi connectivity index (χ3n) is 1.07. The third kappa shape index (κ3) is 7.92. The van der Waals surface area contributed by atoms with Crippen molar-refractivity contribution < 1.29 is 9.84 Å². The molecule has 0 aliphatic carbocycles. The molecule has 0 radical (unpaired) electrons. The monoisotopic (exact) mass is 146 g/mol. The topological polar surface area (TPSA) is 29.5 Å². The fourth-order valence-electron chi connectivity index (χ4n) is 0.536.